The van der Waals surface area contributed by atoms with Gasteiger partial charge in [0.25, 0.3) is 0 Å². The first-order valence-electron chi connectivity index (χ1n) is 6.25. The number of nitrogens with one attached hydrogen (secondary N) is 1. The van der Waals surface area contributed by atoms with Gasteiger partial charge in [-0.05, 0) is 23.6 Å². The maximum atomic E-state index is 10.1. The fourth-order valence-electron chi connectivity index (χ4n) is 2.02. The van der Waals surface area contributed by atoms with Gasteiger partial charge in [-0.15, -0.1) is 0 Å². The van der Waals surface area contributed by atoms with Crippen LogP contribution in [0.25, 0.3) is 0 Å². The Hall–Kier alpha value is -1.64. The van der Waals surface area contributed by atoms with E-state index in [1.54, 1.807) is 0 Å². The molecule has 2 aromatic rings. The van der Waals surface area contributed by atoms with Crippen LogP contribution >= 0.6 is 0 Å². The molecule has 2 N–H and O–H groups in total. The molecule has 1 atom stereocenters. The summed E-state index contributed by atoms with van der Waals surface area (Å²) >= 11 is 0. The van der Waals surface area contributed by atoms with E-state index >= 15 is 0 Å². The van der Waals surface area contributed by atoms with E-state index in [4.69, 9.17) is 0 Å². The molecule has 2 heteroatoms. The number of rotatable bonds is 5. The third-order valence-corrected chi connectivity index (χ3v) is 3.06. The maximum absolute atomic E-state index is 10.1. The van der Waals surface area contributed by atoms with E-state index < -0.39 is 6.10 Å². The van der Waals surface area contributed by atoms with Crippen LogP contribution in [0.3, 0.4) is 0 Å². The normalized spacial score (nSPS) is 12.3. The molecule has 2 nitrogen and oxygen atoms in total. The predicted molar refractivity (Wildman–Crippen MR) is 74.3 cm³/mol. The van der Waals surface area contributed by atoms with Crippen molar-refractivity contribution < 1.29 is 5.11 Å². The van der Waals surface area contributed by atoms with Crippen LogP contribution in [0, 0.1) is 6.92 Å². The Kier molecular flexibility index (Phi) is 4.51. The molecule has 0 bridgehead atoms. The van der Waals surface area contributed by atoms with Gasteiger partial charge >= 0.3 is 0 Å². The zero-order chi connectivity index (χ0) is 12.8. The van der Waals surface area contributed by atoms with E-state index in [2.05, 4.69) is 17.4 Å². The van der Waals surface area contributed by atoms with Crippen LogP contribution in [0.5, 0.6) is 0 Å². The topological polar surface area (TPSA) is 32.3 Å². The van der Waals surface area contributed by atoms with Crippen molar-refractivity contribution in [1.29, 1.82) is 0 Å². The van der Waals surface area contributed by atoms with Crippen molar-refractivity contribution in [2.24, 2.45) is 0 Å². The summed E-state index contributed by atoms with van der Waals surface area (Å²) in [6, 6.07) is 18.2. The third kappa shape index (κ3) is 3.42. The second-order valence-corrected chi connectivity index (χ2v) is 4.49. The lowest BCUT2D eigenvalue weighted by molar-refractivity contribution is 0.173. The van der Waals surface area contributed by atoms with Gasteiger partial charge in [0, 0.05) is 13.1 Å². The largest absolute Gasteiger partial charge is 0.387 e. The molecular weight excluding hydrogens is 222 g/mol. The van der Waals surface area contributed by atoms with Crippen LogP contribution in [0.4, 0.5) is 0 Å². The minimum atomic E-state index is -0.449. The standard InChI is InChI=1S/C16H19NO/c1-13-7-5-6-10-15(13)16(18)12-17-11-14-8-3-2-4-9-14/h2-10,16-18H,11-12H2,1H3. The Morgan fingerprint density at radius 1 is 1.00 bits per heavy atom. The van der Waals surface area contributed by atoms with Crippen LogP contribution in [0.2, 0.25) is 0 Å². The van der Waals surface area contributed by atoms with Crippen molar-refractivity contribution in [2.75, 3.05) is 6.54 Å². The first kappa shape index (κ1) is 12.8. The van der Waals surface area contributed by atoms with Gasteiger partial charge in [0.1, 0.15) is 0 Å². The lowest BCUT2D eigenvalue weighted by Crippen LogP contribution is -2.21. The quantitative estimate of drug-likeness (QED) is 0.843. The molecule has 0 amide bonds. The summed E-state index contributed by atoms with van der Waals surface area (Å²) in [7, 11) is 0. The molecule has 0 aliphatic heterocycles. The Labute approximate surface area is 108 Å². The molecule has 0 aliphatic rings. The highest BCUT2D eigenvalue weighted by Gasteiger charge is 2.08. The van der Waals surface area contributed by atoms with E-state index in [-0.39, 0.29) is 0 Å². The van der Waals surface area contributed by atoms with E-state index in [1.807, 2.05) is 49.4 Å². The second kappa shape index (κ2) is 6.34. The average molecular weight is 241 g/mol. The van der Waals surface area contributed by atoms with Gasteiger partial charge in [-0.1, -0.05) is 54.6 Å². The van der Waals surface area contributed by atoms with Crippen molar-refractivity contribution in [3.63, 3.8) is 0 Å². The molecule has 0 aliphatic carbocycles. The lowest BCUT2D eigenvalue weighted by atomic mass is 10.0. The zero-order valence-electron chi connectivity index (χ0n) is 10.6. The summed E-state index contributed by atoms with van der Waals surface area (Å²) in [4.78, 5) is 0. The minimum Gasteiger partial charge on any atom is -0.387 e. The van der Waals surface area contributed by atoms with Crippen molar-refractivity contribution in [2.45, 2.75) is 19.6 Å². The molecular formula is C16H19NO. The molecule has 18 heavy (non-hydrogen) atoms. The second-order valence-electron chi connectivity index (χ2n) is 4.49. The minimum absolute atomic E-state index is 0.449. The number of aryl methyl sites for hydroxylation is 1. The van der Waals surface area contributed by atoms with Gasteiger partial charge in [0.05, 0.1) is 6.10 Å². The van der Waals surface area contributed by atoms with Gasteiger partial charge in [-0.3, -0.25) is 0 Å². The Bertz CT molecular complexity index is 481. The number of hydrogen-bond acceptors (Lipinski definition) is 2. The molecule has 0 aromatic heterocycles. The number of benzene rings is 2. The molecule has 0 heterocycles. The summed E-state index contributed by atoms with van der Waals surface area (Å²) in [6.07, 6.45) is -0.449. The molecule has 2 aromatic carbocycles. The molecule has 2 rings (SSSR count). The van der Waals surface area contributed by atoms with Gasteiger partial charge in [-0.25, -0.2) is 0 Å². The van der Waals surface area contributed by atoms with Crippen LogP contribution in [0.15, 0.2) is 54.6 Å². The SMILES string of the molecule is Cc1ccccc1C(O)CNCc1ccccc1. The molecule has 94 valence electrons. The van der Waals surface area contributed by atoms with Crippen molar-refractivity contribution in [1.82, 2.24) is 5.32 Å². The van der Waals surface area contributed by atoms with Crippen molar-refractivity contribution in [3.8, 4) is 0 Å². The fourth-order valence-corrected chi connectivity index (χ4v) is 2.02. The van der Waals surface area contributed by atoms with E-state index in [0.717, 1.165) is 17.7 Å². The summed E-state index contributed by atoms with van der Waals surface area (Å²) in [5, 5.41) is 13.4. The van der Waals surface area contributed by atoms with E-state index in [9.17, 15) is 5.11 Å². The molecule has 0 radical (unpaired) electrons. The predicted octanol–water partition coefficient (Wildman–Crippen LogP) is 2.82. The fraction of sp³-hybridized carbons (Fsp3) is 0.250. The molecule has 0 saturated carbocycles. The van der Waals surface area contributed by atoms with Crippen LogP contribution in [0.1, 0.15) is 22.8 Å². The third-order valence-electron chi connectivity index (χ3n) is 3.06. The Morgan fingerprint density at radius 3 is 2.39 bits per heavy atom. The van der Waals surface area contributed by atoms with Crippen molar-refractivity contribution >= 4 is 0 Å². The molecule has 0 saturated heterocycles. The zero-order valence-corrected chi connectivity index (χ0v) is 10.6. The highest BCUT2D eigenvalue weighted by atomic mass is 16.3. The highest BCUT2D eigenvalue weighted by molar-refractivity contribution is 5.27. The van der Waals surface area contributed by atoms with Gasteiger partial charge in [0.15, 0.2) is 0 Å². The summed E-state index contributed by atoms with van der Waals surface area (Å²) < 4.78 is 0. The maximum Gasteiger partial charge on any atom is 0.0917 e. The lowest BCUT2D eigenvalue weighted by Gasteiger charge is -2.14. The van der Waals surface area contributed by atoms with Gasteiger partial charge in [0.2, 0.25) is 0 Å². The van der Waals surface area contributed by atoms with Gasteiger partial charge < -0.3 is 10.4 Å². The number of aliphatic hydroxyl groups is 1. The first-order chi connectivity index (χ1) is 8.77. The van der Waals surface area contributed by atoms with E-state index in [1.165, 1.54) is 5.56 Å². The van der Waals surface area contributed by atoms with Crippen LogP contribution < -0.4 is 5.32 Å². The molecule has 1 unspecified atom stereocenters. The first-order valence-corrected chi connectivity index (χ1v) is 6.25. The monoisotopic (exact) mass is 241 g/mol. The number of hydrogen-bond donors (Lipinski definition) is 2. The van der Waals surface area contributed by atoms with Crippen LogP contribution in [-0.4, -0.2) is 11.7 Å². The van der Waals surface area contributed by atoms with Gasteiger partial charge in [-0.2, -0.15) is 0 Å². The Balaban J connectivity index is 1.86. The summed E-state index contributed by atoms with van der Waals surface area (Å²) in [6.45, 7) is 3.37. The van der Waals surface area contributed by atoms with Crippen molar-refractivity contribution in [3.05, 3.63) is 71.3 Å². The summed E-state index contributed by atoms with van der Waals surface area (Å²) in [5.74, 6) is 0. The summed E-state index contributed by atoms with van der Waals surface area (Å²) in [5.41, 5.74) is 3.36. The highest BCUT2D eigenvalue weighted by Crippen LogP contribution is 2.16. The smallest absolute Gasteiger partial charge is 0.0917 e. The van der Waals surface area contributed by atoms with E-state index in [0.29, 0.717) is 6.54 Å². The molecule has 0 fully saturated rings. The Morgan fingerprint density at radius 2 is 1.67 bits per heavy atom. The van der Waals surface area contributed by atoms with Crippen LogP contribution in [-0.2, 0) is 6.54 Å². The average Bonchev–Trinajstić information content (AvgIpc) is 2.40. The molecule has 0 spiro atoms. The number of aliphatic hydroxyl groups excluding tert-OH is 1.